The summed E-state index contributed by atoms with van der Waals surface area (Å²) in [6.07, 6.45) is 0.586. The summed E-state index contributed by atoms with van der Waals surface area (Å²) >= 11 is 0. The second-order valence-corrected chi connectivity index (χ2v) is 6.63. The molecule has 0 unspecified atom stereocenters. The molecule has 0 atom stereocenters. The first-order valence-corrected chi connectivity index (χ1v) is 9.66. The highest BCUT2D eigenvalue weighted by Gasteiger charge is 2.21. The molecule has 0 bridgehead atoms. The Hall–Kier alpha value is -3.49. The summed E-state index contributed by atoms with van der Waals surface area (Å²) in [5.41, 5.74) is 1.29. The lowest BCUT2D eigenvalue weighted by Crippen LogP contribution is -2.40. The minimum Gasteiger partial charge on any atom is -0.452 e. The number of carbonyl (C=O) groups excluding carboxylic acids is 3. The Morgan fingerprint density at radius 1 is 1.06 bits per heavy atom. The molecular weight excluding hydrogens is 410 g/mol. The number of ether oxygens (including phenoxy) is 2. The molecule has 0 aliphatic heterocycles. The first-order valence-electron chi connectivity index (χ1n) is 9.66. The maximum absolute atomic E-state index is 12.5. The number of para-hydroxylation sites is 2. The van der Waals surface area contributed by atoms with Crippen LogP contribution in [0, 0.1) is 6.92 Å². The number of anilines is 1. The van der Waals surface area contributed by atoms with Crippen molar-refractivity contribution in [3.63, 3.8) is 0 Å². The van der Waals surface area contributed by atoms with Crippen molar-refractivity contribution in [2.45, 2.75) is 26.9 Å². The van der Waals surface area contributed by atoms with Crippen molar-refractivity contribution in [1.82, 2.24) is 4.90 Å². The van der Waals surface area contributed by atoms with E-state index >= 15 is 0 Å². The molecule has 0 saturated carbocycles. The number of nitrogens with zero attached hydrogens (tertiary/aromatic N) is 1. The molecule has 7 nitrogen and oxygen atoms in total. The molecular formula is C22H24F2N2O5. The molecule has 31 heavy (non-hydrogen) atoms. The monoisotopic (exact) mass is 434 g/mol. The van der Waals surface area contributed by atoms with E-state index in [1.54, 1.807) is 12.1 Å². The molecule has 2 amide bonds. The maximum Gasteiger partial charge on any atom is 0.387 e. The molecule has 9 heteroatoms. The number of carbonyl (C=O) groups is 3. The van der Waals surface area contributed by atoms with Gasteiger partial charge in [-0.3, -0.25) is 9.59 Å². The van der Waals surface area contributed by atoms with E-state index in [9.17, 15) is 23.2 Å². The lowest BCUT2D eigenvalue weighted by Gasteiger charge is -2.22. The van der Waals surface area contributed by atoms with E-state index in [0.717, 1.165) is 5.56 Å². The van der Waals surface area contributed by atoms with Crippen LogP contribution in [0.4, 0.5) is 14.5 Å². The van der Waals surface area contributed by atoms with Gasteiger partial charge >= 0.3 is 12.6 Å². The van der Waals surface area contributed by atoms with Crippen LogP contribution in [0.15, 0.2) is 48.5 Å². The Bertz CT molecular complexity index is 920. The average Bonchev–Trinajstić information content (AvgIpc) is 2.73. The first kappa shape index (κ1) is 23.8. The zero-order chi connectivity index (χ0) is 22.8. The van der Waals surface area contributed by atoms with E-state index in [0.29, 0.717) is 12.1 Å². The van der Waals surface area contributed by atoms with Crippen molar-refractivity contribution in [2.75, 3.05) is 25.0 Å². The molecule has 2 aromatic rings. The van der Waals surface area contributed by atoms with Gasteiger partial charge in [0.05, 0.1) is 6.54 Å². The summed E-state index contributed by atoms with van der Waals surface area (Å²) < 4.78 is 34.3. The average molecular weight is 434 g/mol. The van der Waals surface area contributed by atoms with Crippen LogP contribution in [-0.4, -0.2) is 49.0 Å². The molecule has 0 heterocycles. The van der Waals surface area contributed by atoms with Crippen LogP contribution in [0.3, 0.4) is 0 Å². The molecule has 1 N–H and O–H groups in total. The molecule has 0 fully saturated rings. The number of nitrogens with one attached hydrogen (secondary N) is 1. The third-order valence-electron chi connectivity index (χ3n) is 4.25. The highest BCUT2D eigenvalue weighted by molar-refractivity contribution is 5.96. The van der Waals surface area contributed by atoms with Crippen molar-refractivity contribution in [3.8, 4) is 5.75 Å². The fraction of sp³-hybridized carbons (Fsp3) is 0.318. The number of esters is 1. The van der Waals surface area contributed by atoms with Gasteiger partial charge in [-0.15, -0.1) is 0 Å². The van der Waals surface area contributed by atoms with Gasteiger partial charge in [-0.25, -0.2) is 4.79 Å². The van der Waals surface area contributed by atoms with Gasteiger partial charge < -0.3 is 19.7 Å². The van der Waals surface area contributed by atoms with Crippen LogP contribution in [0.2, 0.25) is 0 Å². The van der Waals surface area contributed by atoms with Crippen LogP contribution in [-0.2, 0) is 14.3 Å². The van der Waals surface area contributed by atoms with Crippen molar-refractivity contribution in [1.29, 1.82) is 0 Å². The number of halogens is 2. The zero-order valence-electron chi connectivity index (χ0n) is 17.3. The van der Waals surface area contributed by atoms with Crippen LogP contribution in [0.25, 0.3) is 0 Å². The van der Waals surface area contributed by atoms with Gasteiger partial charge in [0.1, 0.15) is 11.3 Å². The number of hydrogen-bond acceptors (Lipinski definition) is 5. The van der Waals surface area contributed by atoms with E-state index in [4.69, 9.17) is 4.74 Å². The fourth-order valence-electron chi connectivity index (χ4n) is 2.77. The van der Waals surface area contributed by atoms with Crippen LogP contribution >= 0.6 is 0 Å². The third kappa shape index (κ3) is 7.36. The van der Waals surface area contributed by atoms with Gasteiger partial charge in [0, 0.05) is 12.2 Å². The minimum atomic E-state index is -3.11. The molecule has 2 aromatic carbocycles. The van der Waals surface area contributed by atoms with Crippen molar-refractivity contribution < 1.29 is 32.6 Å². The zero-order valence-corrected chi connectivity index (χ0v) is 17.3. The normalized spacial score (nSPS) is 10.5. The predicted molar refractivity (Wildman–Crippen MR) is 110 cm³/mol. The maximum atomic E-state index is 12.5. The first-order chi connectivity index (χ1) is 14.8. The van der Waals surface area contributed by atoms with E-state index < -0.39 is 31.0 Å². The molecule has 2 rings (SSSR count). The van der Waals surface area contributed by atoms with Crippen LogP contribution in [0.1, 0.15) is 29.3 Å². The standard InChI is InChI=1S/C22H24F2N2O5/c1-3-12-26(13-19(27)25-17-10-6-4-8-15(17)2)20(28)14-30-21(29)16-9-5-7-11-18(16)31-22(23)24/h4-11,22H,3,12-14H2,1-2H3,(H,25,27). The summed E-state index contributed by atoms with van der Waals surface area (Å²) in [5, 5.41) is 2.74. The molecule has 0 aliphatic carbocycles. The Morgan fingerprint density at radius 2 is 1.74 bits per heavy atom. The number of aryl methyl sites for hydroxylation is 1. The summed E-state index contributed by atoms with van der Waals surface area (Å²) in [5.74, 6) is -2.30. The van der Waals surface area contributed by atoms with Gasteiger partial charge in [0.15, 0.2) is 6.61 Å². The Morgan fingerprint density at radius 3 is 2.42 bits per heavy atom. The Balaban J connectivity index is 1.97. The second kappa shape index (κ2) is 11.6. The molecule has 0 saturated heterocycles. The highest BCUT2D eigenvalue weighted by atomic mass is 19.3. The Kier molecular flexibility index (Phi) is 8.93. The SMILES string of the molecule is CCCN(CC(=O)Nc1ccccc1C)C(=O)COC(=O)c1ccccc1OC(F)F. The van der Waals surface area contributed by atoms with E-state index in [1.807, 2.05) is 26.0 Å². The lowest BCUT2D eigenvalue weighted by atomic mass is 10.2. The van der Waals surface area contributed by atoms with Gasteiger partial charge in [0.25, 0.3) is 5.91 Å². The van der Waals surface area contributed by atoms with Crippen LogP contribution < -0.4 is 10.1 Å². The molecule has 0 aromatic heterocycles. The second-order valence-electron chi connectivity index (χ2n) is 6.63. The number of benzene rings is 2. The number of alkyl halides is 2. The van der Waals surface area contributed by atoms with Crippen LogP contribution in [0.5, 0.6) is 5.75 Å². The largest absolute Gasteiger partial charge is 0.452 e. The smallest absolute Gasteiger partial charge is 0.387 e. The van der Waals surface area contributed by atoms with Crippen molar-refractivity contribution in [3.05, 3.63) is 59.7 Å². The predicted octanol–water partition coefficient (Wildman–Crippen LogP) is 3.63. The summed E-state index contributed by atoms with van der Waals surface area (Å²) in [7, 11) is 0. The number of amides is 2. The van der Waals surface area contributed by atoms with E-state index in [1.165, 1.54) is 29.2 Å². The lowest BCUT2D eigenvalue weighted by molar-refractivity contribution is -0.137. The molecule has 0 spiro atoms. The Labute approximate surface area is 178 Å². The molecule has 0 aliphatic rings. The minimum absolute atomic E-state index is 0.219. The summed E-state index contributed by atoms with van der Waals surface area (Å²) in [6, 6.07) is 12.6. The summed E-state index contributed by atoms with van der Waals surface area (Å²) in [4.78, 5) is 38.4. The third-order valence-corrected chi connectivity index (χ3v) is 4.25. The van der Waals surface area contributed by atoms with Gasteiger partial charge in [0.2, 0.25) is 5.91 Å². The quantitative estimate of drug-likeness (QED) is 0.578. The highest BCUT2D eigenvalue weighted by Crippen LogP contribution is 2.21. The van der Waals surface area contributed by atoms with Crippen molar-refractivity contribution in [2.24, 2.45) is 0 Å². The number of hydrogen-bond donors (Lipinski definition) is 1. The van der Waals surface area contributed by atoms with Crippen molar-refractivity contribution >= 4 is 23.5 Å². The van der Waals surface area contributed by atoms with Gasteiger partial charge in [-0.2, -0.15) is 8.78 Å². The topological polar surface area (TPSA) is 84.9 Å². The molecule has 166 valence electrons. The van der Waals surface area contributed by atoms with E-state index in [2.05, 4.69) is 10.1 Å². The number of rotatable bonds is 10. The fourth-order valence-corrected chi connectivity index (χ4v) is 2.77. The van der Waals surface area contributed by atoms with Gasteiger partial charge in [-0.05, 0) is 37.1 Å². The van der Waals surface area contributed by atoms with Gasteiger partial charge in [-0.1, -0.05) is 37.3 Å². The summed E-state index contributed by atoms with van der Waals surface area (Å²) in [6.45, 7) is -0.00287. The van der Waals surface area contributed by atoms with E-state index in [-0.39, 0.29) is 24.4 Å². The molecule has 0 radical (unpaired) electrons.